The molecule has 1 aromatic rings. The number of nitrogens with two attached hydrogens (primary N) is 1. The van der Waals surface area contributed by atoms with E-state index >= 15 is 0 Å². The van der Waals surface area contributed by atoms with Gasteiger partial charge in [-0.25, -0.2) is 8.42 Å². The SMILES string of the molecule is CS(=O)(=O)CCCC(NN)c1ccc(Br)c(Cl)c1. The fourth-order valence-corrected chi connectivity index (χ4v) is 2.75. The zero-order valence-corrected chi connectivity index (χ0v) is 13.1. The van der Waals surface area contributed by atoms with E-state index in [1.54, 1.807) is 0 Å². The maximum Gasteiger partial charge on any atom is 0.147 e. The highest BCUT2D eigenvalue weighted by Gasteiger charge is 2.12. The van der Waals surface area contributed by atoms with Crippen molar-refractivity contribution in [3.8, 4) is 0 Å². The number of sulfone groups is 1. The smallest absolute Gasteiger partial charge is 0.147 e. The Morgan fingerprint density at radius 3 is 2.67 bits per heavy atom. The minimum Gasteiger partial charge on any atom is -0.271 e. The van der Waals surface area contributed by atoms with E-state index in [1.807, 2.05) is 18.2 Å². The van der Waals surface area contributed by atoms with Crippen LogP contribution in [-0.2, 0) is 9.84 Å². The Morgan fingerprint density at radius 2 is 2.17 bits per heavy atom. The van der Waals surface area contributed by atoms with Crippen molar-refractivity contribution in [2.75, 3.05) is 12.0 Å². The molecule has 0 bridgehead atoms. The van der Waals surface area contributed by atoms with Crippen molar-refractivity contribution in [1.29, 1.82) is 0 Å². The molecule has 1 unspecified atom stereocenters. The Labute approximate surface area is 121 Å². The van der Waals surface area contributed by atoms with Crippen LogP contribution in [0.1, 0.15) is 24.4 Å². The lowest BCUT2D eigenvalue weighted by Gasteiger charge is -2.16. The second kappa shape index (κ2) is 6.86. The Balaban J connectivity index is 2.68. The van der Waals surface area contributed by atoms with Crippen LogP contribution in [0.4, 0.5) is 0 Å². The van der Waals surface area contributed by atoms with E-state index in [4.69, 9.17) is 17.4 Å². The highest BCUT2D eigenvalue weighted by Crippen LogP contribution is 2.27. The molecule has 0 aliphatic carbocycles. The fourth-order valence-electron chi connectivity index (χ4n) is 1.62. The molecule has 1 rings (SSSR count). The van der Waals surface area contributed by atoms with Gasteiger partial charge in [-0.3, -0.25) is 11.3 Å². The Hall–Kier alpha value is -0.140. The van der Waals surface area contributed by atoms with Crippen LogP contribution in [0.3, 0.4) is 0 Å². The van der Waals surface area contributed by atoms with Crippen LogP contribution in [0.2, 0.25) is 5.02 Å². The summed E-state index contributed by atoms with van der Waals surface area (Å²) in [6, 6.07) is 5.47. The second-order valence-electron chi connectivity index (χ2n) is 4.16. The van der Waals surface area contributed by atoms with E-state index < -0.39 is 9.84 Å². The van der Waals surface area contributed by atoms with Crippen LogP contribution in [0.15, 0.2) is 22.7 Å². The van der Waals surface area contributed by atoms with Gasteiger partial charge < -0.3 is 0 Å². The van der Waals surface area contributed by atoms with Crippen LogP contribution in [0.5, 0.6) is 0 Å². The first-order valence-corrected chi connectivity index (χ1v) is 8.65. The standard InChI is InChI=1S/C11H16BrClN2O2S/c1-18(16,17)6-2-3-11(15-14)8-4-5-9(12)10(13)7-8/h4-5,7,11,15H,2-3,6,14H2,1H3. The zero-order valence-electron chi connectivity index (χ0n) is 9.99. The van der Waals surface area contributed by atoms with Crippen LogP contribution < -0.4 is 11.3 Å². The van der Waals surface area contributed by atoms with Crippen molar-refractivity contribution in [1.82, 2.24) is 5.43 Å². The number of benzene rings is 1. The van der Waals surface area contributed by atoms with Crippen molar-refractivity contribution in [3.63, 3.8) is 0 Å². The lowest BCUT2D eigenvalue weighted by Crippen LogP contribution is -2.28. The summed E-state index contributed by atoms with van der Waals surface area (Å²) in [7, 11) is -2.93. The van der Waals surface area contributed by atoms with Gasteiger partial charge in [0.1, 0.15) is 9.84 Å². The molecule has 4 nitrogen and oxygen atoms in total. The topological polar surface area (TPSA) is 72.2 Å². The molecule has 0 amide bonds. The first-order chi connectivity index (χ1) is 8.33. The minimum atomic E-state index is -2.93. The average molecular weight is 356 g/mol. The van der Waals surface area contributed by atoms with Gasteiger partial charge in [-0.1, -0.05) is 17.7 Å². The van der Waals surface area contributed by atoms with Crippen molar-refractivity contribution >= 4 is 37.4 Å². The number of hydrogen-bond acceptors (Lipinski definition) is 4. The largest absolute Gasteiger partial charge is 0.271 e. The molecule has 102 valence electrons. The number of hydrazine groups is 1. The molecule has 0 aromatic heterocycles. The summed E-state index contributed by atoms with van der Waals surface area (Å²) < 4.78 is 22.9. The van der Waals surface area contributed by atoms with Gasteiger partial charge in [-0.05, 0) is 46.5 Å². The quantitative estimate of drug-likeness (QED) is 0.607. The third-order valence-corrected chi connectivity index (χ3v) is 4.82. The summed E-state index contributed by atoms with van der Waals surface area (Å²) in [5.74, 6) is 5.65. The summed E-state index contributed by atoms with van der Waals surface area (Å²) in [6.07, 6.45) is 2.43. The first-order valence-electron chi connectivity index (χ1n) is 5.42. The lowest BCUT2D eigenvalue weighted by atomic mass is 10.0. The predicted molar refractivity (Wildman–Crippen MR) is 78.2 cm³/mol. The molecule has 18 heavy (non-hydrogen) atoms. The molecule has 0 saturated carbocycles. The number of nitrogens with one attached hydrogen (secondary N) is 1. The normalized spacial score (nSPS) is 13.6. The van der Waals surface area contributed by atoms with Gasteiger partial charge in [-0.2, -0.15) is 0 Å². The molecular weight excluding hydrogens is 340 g/mol. The molecule has 3 N–H and O–H groups in total. The molecular formula is C11H16BrClN2O2S. The Kier molecular flexibility index (Phi) is 6.07. The van der Waals surface area contributed by atoms with E-state index in [1.165, 1.54) is 6.26 Å². The van der Waals surface area contributed by atoms with Crippen molar-refractivity contribution in [3.05, 3.63) is 33.3 Å². The second-order valence-corrected chi connectivity index (χ2v) is 7.69. The maximum atomic E-state index is 11.1. The number of rotatable bonds is 6. The van der Waals surface area contributed by atoms with Gasteiger partial charge in [-0.15, -0.1) is 0 Å². The van der Waals surface area contributed by atoms with Crippen molar-refractivity contribution in [2.45, 2.75) is 18.9 Å². The summed E-state index contributed by atoms with van der Waals surface area (Å²) in [5.41, 5.74) is 3.63. The summed E-state index contributed by atoms with van der Waals surface area (Å²) in [6.45, 7) is 0. The number of halogens is 2. The highest BCUT2D eigenvalue weighted by molar-refractivity contribution is 9.10. The molecule has 1 aromatic carbocycles. The fraction of sp³-hybridized carbons (Fsp3) is 0.455. The van der Waals surface area contributed by atoms with Crippen molar-refractivity contribution < 1.29 is 8.42 Å². The Morgan fingerprint density at radius 1 is 1.50 bits per heavy atom. The third kappa shape index (κ3) is 5.24. The zero-order chi connectivity index (χ0) is 13.8. The molecule has 0 heterocycles. The molecule has 0 aliphatic rings. The van der Waals surface area contributed by atoms with Crippen molar-refractivity contribution in [2.24, 2.45) is 5.84 Å². The van der Waals surface area contributed by atoms with E-state index in [2.05, 4.69) is 21.4 Å². The van der Waals surface area contributed by atoms with Gasteiger partial charge in [0.25, 0.3) is 0 Å². The molecule has 0 aliphatic heterocycles. The van der Waals surface area contributed by atoms with Gasteiger partial charge in [0.2, 0.25) is 0 Å². The highest BCUT2D eigenvalue weighted by atomic mass is 79.9. The minimum absolute atomic E-state index is 0.0997. The average Bonchev–Trinajstić information content (AvgIpc) is 2.27. The van der Waals surface area contributed by atoms with Gasteiger partial charge >= 0.3 is 0 Å². The van der Waals surface area contributed by atoms with E-state index in [-0.39, 0.29) is 11.8 Å². The summed E-state index contributed by atoms with van der Waals surface area (Å²) in [4.78, 5) is 0. The third-order valence-electron chi connectivity index (χ3n) is 2.56. The predicted octanol–water partition coefficient (Wildman–Crippen LogP) is 2.43. The monoisotopic (exact) mass is 354 g/mol. The van der Waals surface area contributed by atoms with Crippen LogP contribution in [0.25, 0.3) is 0 Å². The van der Waals surface area contributed by atoms with E-state index in [9.17, 15) is 8.42 Å². The van der Waals surface area contributed by atoms with Gasteiger partial charge in [0, 0.05) is 22.5 Å². The van der Waals surface area contributed by atoms with Crippen LogP contribution >= 0.6 is 27.5 Å². The lowest BCUT2D eigenvalue weighted by molar-refractivity contribution is 0.507. The summed E-state index contributed by atoms with van der Waals surface area (Å²) >= 11 is 9.33. The van der Waals surface area contributed by atoms with E-state index in [0.29, 0.717) is 17.9 Å². The molecule has 0 radical (unpaired) electrons. The molecule has 0 fully saturated rings. The first kappa shape index (κ1) is 15.9. The molecule has 0 saturated heterocycles. The van der Waals surface area contributed by atoms with Gasteiger partial charge in [0.05, 0.1) is 5.02 Å². The Bertz CT molecular complexity index is 508. The molecule has 0 spiro atoms. The maximum absolute atomic E-state index is 11.1. The van der Waals surface area contributed by atoms with Crippen LogP contribution in [0, 0.1) is 0 Å². The van der Waals surface area contributed by atoms with Crippen LogP contribution in [-0.4, -0.2) is 20.4 Å². The molecule has 7 heteroatoms. The van der Waals surface area contributed by atoms with Gasteiger partial charge in [0.15, 0.2) is 0 Å². The molecule has 1 atom stereocenters. The summed E-state index contributed by atoms with van der Waals surface area (Å²) in [5, 5.41) is 0.607. The number of hydrogen-bond donors (Lipinski definition) is 2. The van der Waals surface area contributed by atoms with E-state index in [0.717, 1.165) is 10.0 Å².